The van der Waals surface area contributed by atoms with Crippen LogP contribution in [0.25, 0.3) is 0 Å². The summed E-state index contributed by atoms with van der Waals surface area (Å²) >= 11 is 0. The second kappa shape index (κ2) is 7.41. The van der Waals surface area contributed by atoms with Gasteiger partial charge >= 0.3 is 0 Å². The third kappa shape index (κ3) is 3.73. The maximum absolute atomic E-state index is 4.50. The summed E-state index contributed by atoms with van der Waals surface area (Å²) in [6.07, 6.45) is 16.2. The van der Waals surface area contributed by atoms with Crippen molar-refractivity contribution in [2.45, 2.75) is 70.4 Å². The highest BCUT2D eigenvalue weighted by atomic mass is 15.5. The average molecular weight is 278 g/mol. The van der Waals surface area contributed by atoms with Crippen molar-refractivity contribution in [1.29, 1.82) is 0 Å². The van der Waals surface area contributed by atoms with E-state index in [1.807, 2.05) is 0 Å². The van der Waals surface area contributed by atoms with E-state index in [-0.39, 0.29) is 0 Å². The molecule has 2 aliphatic carbocycles. The average Bonchev–Trinajstić information content (AvgIpc) is 2.53. The molecule has 1 aliphatic heterocycles. The summed E-state index contributed by atoms with van der Waals surface area (Å²) in [5.74, 6) is 2.46. The minimum absolute atomic E-state index is 0.316. The summed E-state index contributed by atoms with van der Waals surface area (Å²) in [5, 5.41) is 4.50. The van der Waals surface area contributed by atoms with Crippen LogP contribution in [0, 0.1) is 17.8 Å². The molecule has 0 radical (unpaired) electrons. The minimum atomic E-state index is 0.316. The van der Waals surface area contributed by atoms with Crippen LogP contribution in [-0.4, -0.2) is 18.9 Å². The summed E-state index contributed by atoms with van der Waals surface area (Å²) in [4.78, 5) is 0. The molecule has 3 unspecified atom stereocenters. The van der Waals surface area contributed by atoms with Gasteiger partial charge in [0.25, 0.3) is 0 Å². The van der Waals surface area contributed by atoms with E-state index >= 15 is 0 Å². The quantitative estimate of drug-likeness (QED) is 0.547. The van der Waals surface area contributed by atoms with Crippen molar-refractivity contribution in [3.63, 3.8) is 0 Å². The maximum atomic E-state index is 4.50. The molecule has 0 spiro atoms. The van der Waals surface area contributed by atoms with E-state index in [4.69, 9.17) is 0 Å². The first-order valence-corrected chi connectivity index (χ1v) is 8.69. The van der Waals surface area contributed by atoms with E-state index in [0.717, 1.165) is 30.7 Å². The number of hydrazone groups is 1. The predicted octanol–water partition coefficient (Wildman–Crippen LogP) is 2.77. The fraction of sp³-hybridized carbons (Fsp3) is 0.938. The van der Waals surface area contributed by atoms with Gasteiger partial charge in [0, 0.05) is 12.8 Å². The normalized spacial score (nSPS) is 35.9. The molecule has 0 aromatic carbocycles. The number of rotatable bonds is 4. The summed E-state index contributed by atoms with van der Waals surface area (Å²) < 4.78 is 0. The lowest BCUT2D eigenvalue weighted by molar-refractivity contribution is 0.0996. The van der Waals surface area contributed by atoms with Gasteiger partial charge in [0.2, 0.25) is 0 Å². The molecule has 3 fully saturated rings. The lowest BCUT2D eigenvalue weighted by Crippen LogP contribution is -2.60. The number of hydrogen-bond acceptors (Lipinski definition) is 4. The molecular weight excluding hydrogens is 248 g/mol. The van der Waals surface area contributed by atoms with Crippen LogP contribution in [0.4, 0.5) is 0 Å². The van der Waals surface area contributed by atoms with Crippen LogP contribution < -0.4 is 16.3 Å². The van der Waals surface area contributed by atoms with Gasteiger partial charge < -0.3 is 0 Å². The maximum Gasteiger partial charge on any atom is 0.109 e. The second-order valence-electron chi connectivity index (χ2n) is 6.89. The number of hydrazine groups is 1. The van der Waals surface area contributed by atoms with E-state index in [9.17, 15) is 0 Å². The molecule has 4 nitrogen and oxygen atoms in total. The molecule has 3 rings (SSSR count). The first-order valence-electron chi connectivity index (χ1n) is 8.69. The molecule has 0 bridgehead atoms. The summed E-state index contributed by atoms with van der Waals surface area (Å²) in [6, 6.07) is 0. The molecule has 0 aromatic heterocycles. The SMILES string of the molecule is C(/CC1CCCCC1)=N/NC1NNCC2CCCCC21. The Morgan fingerprint density at radius 3 is 2.70 bits per heavy atom. The zero-order valence-corrected chi connectivity index (χ0v) is 12.6. The molecule has 2 saturated carbocycles. The highest BCUT2D eigenvalue weighted by Crippen LogP contribution is 2.32. The van der Waals surface area contributed by atoms with Crippen LogP contribution in [-0.2, 0) is 0 Å². The molecule has 4 heteroatoms. The van der Waals surface area contributed by atoms with E-state index in [2.05, 4.69) is 27.6 Å². The smallest absolute Gasteiger partial charge is 0.109 e. The van der Waals surface area contributed by atoms with Crippen LogP contribution in [0.2, 0.25) is 0 Å². The topological polar surface area (TPSA) is 48.5 Å². The molecule has 3 N–H and O–H groups in total. The first-order chi connectivity index (χ1) is 9.93. The van der Waals surface area contributed by atoms with Gasteiger partial charge in [0.05, 0.1) is 0 Å². The van der Waals surface area contributed by atoms with Crippen LogP contribution in [0.15, 0.2) is 5.10 Å². The third-order valence-corrected chi connectivity index (χ3v) is 5.49. The second-order valence-corrected chi connectivity index (χ2v) is 6.89. The molecular formula is C16H30N4. The summed E-state index contributed by atoms with van der Waals surface area (Å²) in [5.41, 5.74) is 10.1. The molecule has 3 atom stereocenters. The first kappa shape index (κ1) is 14.3. The highest BCUT2D eigenvalue weighted by molar-refractivity contribution is 5.57. The largest absolute Gasteiger partial charge is 0.292 e. The van der Waals surface area contributed by atoms with Crippen molar-refractivity contribution < 1.29 is 0 Å². The Kier molecular flexibility index (Phi) is 5.31. The van der Waals surface area contributed by atoms with Gasteiger partial charge in [-0.05, 0) is 37.0 Å². The van der Waals surface area contributed by atoms with Crippen molar-refractivity contribution in [1.82, 2.24) is 16.3 Å². The standard InChI is InChI=1S/C16H30N4/c1-2-6-13(7-3-1)10-11-17-19-16-15-9-5-4-8-14(15)12-18-20-16/h11,13-16,18-20H,1-10,12H2/b17-11-. The fourth-order valence-corrected chi connectivity index (χ4v) is 4.22. The number of hydrogen-bond donors (Lipinski definition) is 3. The monoisotopic (exact) mass is 278 g/mol. The van der Waals surface area contributed by atoms with Gasteiger partial charge in [-0.2, -0.15) is 5.10 Å². The molecule has 1 heterocycles. The van der Waals surface area contributed by atoms with E-state index in [0.29, 0.717) is 6.17 Å². The van der Waals surface area contributed by atoms with Crippen LogP contribution in [0.3, 0.4) is 0 Å². The number of fused-ring (bicyclic) bond motifs is 1. The van der Waals surface area contributed by atoms with Crippen molar-refractivity contribution >= 4 is 6.21 Å². The minimum Gasteiger partial charge on any atom is -0.292 e. The molecule has 1 saturated heterocycles. The summed E-state index contributed by atoms with van der Waals surface area (Å²) in [7, 11) is 0. The van der Waals surface area contributed by atoms with E-state index in [1.54, 1.807) is 0 Å². The van der Waals surface area contributed by atoms with Crippen molar-refractivity contribution in [3.8, 4) is 0 Å². The fourth-order valence-electron chi connectivity index (χ4n) is 4.22. The third-order valence-electron chi connectivity index (χ3n) is 5.49. The van der Waals surface area contributed by atoms with Gasteiger partial charge in [0.1, 0.15) is 6.17 Å². The Hall–Kier alpha value is -0.610. The van der Waals surface area contributed by atoms with Crippen molar-refractivity contribution in [3.05, 3.63) is 0 Å². The predicted molar refractivity (Wildman–Crippen MR) is 83.2 cm³/mol. The number of nitrogens with one attached hydrogen (secondary N) is 3. The van der Waals surface area contributed by atoms with Crippen LogP contribution >= 0.6 is 0 Å². The lowest BCUT2D eigenvalue weighted by atomic mass is 9.77. The molecule has 114 valence electrons. The molecule has 0 amide bonds. The van der Waals surface area contributed by atoms with Crippen molar-refractivity contribution in [2.75, 3.05) is 6.54 Å². The Labute approximate surface area is 123 Å². The van der Waals surface area contributed by atoms with Crippen molar-refractivity contribution in [2.24, 2.45) is 22.9 Å². The van der Waals surface area contributed by atoms with Gasteiger partial charge in [-0.25, -0.2) is 5.43 Å². The Bertz CT molecular complexity index is 310. The van der Waals surface area contributed by atoms with Gasteiger partial charge in [0.15, 0.2) is 0 Å². The molecule has 3 aliphatic rings. The Morgan fingerprint density at radius 1 is 1.00 bits per heavy atom. The molecule has 0 aromatic rings. The van der Waals surface area contributed by atoms with Gasteiger partial charge in [-0.3, -0.25) is 10.9 Å². The van der Waals surface area contributed by atoms with Gasteiger partial charge in [-0.1, -0.05) is 44.9 Å². The lowest BCUT2D eigenvalue weighted by Gasteiger charge is -2.41. The zero-order valence-electron chi connectivity index (χ0n) is 12.6. The van der Waals surface area contributed by atoms with E-state index in [1.165, 1.54) is 57.8 Å². The molecule has 20 heavy (non-hydrogen) atoms. The highest BCUT2D eigenvalue weighted by Gasteiger charge is 2.34. The van der Waals surface area contributed by atoms with E-state index < -0.39 is 0 Å². The Balaban J connectivity index is 1.42. The zero-order chi connectivity index (χ0) is 13.6. The number of nitrogens with zero attached hydrogens (tertiary/aromatic N) is 1. The summed E-state index contributed by atoms with van der Waals surface area (Å²) in [6.45, 7) is 1.12. The van der Waals surface area contributed by atoms with Gasteiger partial charge in [-0.15, -0.1) is 0 Å². The van der Waals surface area contributed by atoms with Crippen LogP contribution in [0.5, 0.6) is 0 Å². The Morgan fingerprint density at radius 2 is 1.80 bits per heavy atom. The van der Waals surface area contributed by atoms with Crippen LogP contribution in [0.1, 0.15) is 64.2 Å².